The molecule has 11 heteroatoms. The van der Waals surface area contributed by atoms with E-state index >= 15 is 0 Å². The van der Waals surface area contributed by atoms with Crippen molar-refractivity contribution in [3.8, 4) is 17.0 Å². The first-order valence-electron chi connectivity index (χ1n) is 12.1. The molecule has 196 valence electrons. The summed E-state index contributed by atoms with van der Waals surface area (Å²) in [7, 11) is 0. The number of carbonyl (C=O) groups excluding carboxylic acids is 1. The van der Waals surface area contributed by atoms with Gasteiger partial charge in [0, 0.05) is 30.9 Å². The van der Waals surface area contributed by atoms with Crippen LogP contribution in [0.4, 0.5) is 29.5 Å². The minimum absolute atomic E-state index is 0.0251. The molecule has 2 heterocycles. The molecule has 1 aliphatic carbocycles. The maximum Gasteiger partial charge on any atom is 0.391 e. The van der Waals surface area contributed by atoms with Crippen LogP contribution >= 0.6 is 0 Å². The minimum atomic E-state index is -4.23. The highest BCUT2D eigenvalue weighted by atomic mass is 19.4. The number of pyridine rings is 1. The number of benzene rings is 1. The number of morpholine rings is 1. The van der Waals surface area contributed by atoms with Crippen LogP contribution < -0.4 is 20.3 Å². The molecule has 1 aliphatic heterocycles. The maximum absolute atomic E-state index is 12.9. The number of aliphatic hydroxyl groups excluding tert-OH is 1. The smallest absolute Gasteiger partial charge is 0.391 e. The van der Waals surface area contributed by atoms with Crippen LogP contribution in [0.15, 0.2) is 30.3 Å². The highest BCUT2D eigenvalue weighted by Gasteiger charge is 2.44. The lowest BCUT2D eigenvalue weighted by atomic mass is 10.0. The Balaban J connectivity index is 1.51. The number of aromatic nitrogens is 1. The van der Waals surface area contributed by atoms with Gasteiger partial charge in [0.25, 0.3) is 0 Å². The van der Waals surface area contributed by atoms with Crippen molar-refractivity contribution >= 4 is 17.5 Å². The molecule has 2 amide bonds. The number of nitrogens with one attached hydrogen (secondary N) is 2. The quantitative estimate of drug-likeness (QED) is 0.521. The van der Waals surface area contributed by atoms with E-state index in [1.807, 2.05) is 25.1 Å². The Bertz CT molecular complexity index is 1060. The number of hydrogen-bond acceptors (Lipinski definition) is 6. The standard InChI is InChI=1S/C25H31F3N4O4/c1-16-2-4-20(30-24(34)29-19-5-3-18(14-19)25(26,27)28)15-21(16)17-12-22(32-6-9-35-10-7-32)31-23(13-17)36-11-8-33/h2,4,12-13,15,18-19,33H,3,5-11,14H2,1H3,(H2,29,30,34). The van der Waals surface area contributed by atoms with Gasteiger partial charge in [-0.25, -0.2) is 4.79 Å². The predicted octanol–water partition coefficient (Wildman–Crippen LogP) is 4.12. The average Bonchev–Trinajstić information content (AvgIpc) is 3.33. The molecule has 2 atom stereocenters. The Morgan fingerprint density at radius 2 is 2.00 bits per heavy atom. The molecule has 0 bridgehead atoms. The third kappa shape index (κ3) is 6.58. The molecule has 1 saturated heterocycles. The number of amides is 2. The molecule has 2 unspecified atom stereocenters. The Hall–Kier alpha value is -3.05. The van der Waals surface area contributed by atoms with E-state index in [1.54, 1.807) is 12.1 Å². The Kier molecular flexibility index (Phi) is 8.20. The van der Waals surface area contributed by atoms with Crippen molar-refractivity contribution in [2.75, 3.05) is 49.7 Å². The van der Waals surface area contributed by atoms with Crippen LogP contribution in [0.5, 0.6) is 5.88 Å². The summed E-state index contributed by atoms with van der Waals surface area (Å²) in [4.78, 5) is 19.2. The average molecular weight is 509 g/mol. The number of carbonyl (C=O) groups is 1. The van der Waals surface area contributed by atoms with Crippen molar-refractivity contribution in [1.29, 1.82) is 0 Å². The van der Waals surface area contributed by atoms with Crippen LogP contribution in [-0.4, -0.2) is 67.9 Å². The van der Waals surface area contributed by atoms with Gasteiger partial charge in [-0.3, -0.25) is 0 Å². The minimum Gasteiger partial charge on any atom is -0.475 e. The maximum atomic E-state index is 12.9. The fourth-order valence-corrected chi connectivity index (χ4v) is 4.60. The van der Waals surface area contributed by atoms with Crippen molar-refractivity contribution in [2.45, 2.75) is 38.4 Å². The molecule has 1 aromatic carbocycles. The number of urea groups is 1. The number of ether oxygens (including phenoxy) is 2. The molecule has 0 radical (unpaired) electrons. The zero-order chi connectivity index (χ0) is 25.7. The topological polar surface area (TPSA) is 96.0 Å². The second-order valence-corrected chi connectivity index (χ2v) is 9.10. The second kappa shape index (κ2) is 11.3. The molecule has 0 spiro atoms. The highest BCUT2D eigenvalue weighted by molar-refractivity contribution is 5.90. The number of hydrogen-bond donors (Lipinski definition) is 3. The van der Waals surface area contributed by atoms with Crippen LogP contribution in [0.25, 0.3) is 11.1 Å². The van der Waals surface area contributed by atoms with E-state index in [-0.39, 0.29) is 26.1 Å². The zero-order valence-electron chi connectivity index (χ0n) is 20.1. The van der Waals surface area contributed by atoms with Crippen molar-refractivity contribution in [1.82, 2.24) is 10.3 Å². The summed E-state index contributed by atoms with van der Waals surface area (Å²) in [5, 5.41) is 14.6. The van der Waals surface area contributed by atoms with Gasteiger partial charge in [0.1, 0.15) is 12.4 Å². The van der Waals surface area contributed by atoms with Gasteiger partial charge >= 0.3 is 12.2 Å². The number of nitrogens with zero attached hydrogens (tertiary/aromatic N) is 2. The molecular weight excluding hydrogens is 477 g/mol. The first-order valence-corrected chi connectivity index (χ1v) is 12.1. The van der Waals surface area contributed by atoms with E-state index in [9.17, 15) is 23.1 Å². The summed E-state index contributed by atoms with van der Waals surface area (Å²) < 4.78 is 49.9. The van der Waals surface area contributed by atoms with Crippen LogP contribution in [0.1, 0.15) is 24.8 Å². The summed E-state index contributed by atoms with van der Waals surface area (Å²) >= 11 is 0. The Morgan fingerprint density at radius 1 is 1.22 bits per heavy atom. The van der Waals surface area contributed by atoms with Crippen LogP contribution in [-0.2, 0) is 4.74 Å². The molecule has 2 aliphatic rings. The zero-order valence-corrected chi connectivity index (χ0v) is 20.1. The lowest BCUT2D eigenvalue weighted by Crippen LogP contribution is -2.37. The van der Waals surface area contributed by atoms with Crippen LogP contribution in [0.2, 0.25) is 0 Å². The lowest BCUT2D eigenvalue weighted by Gasteiger charge is -2.28. The monoisotopic (exact) mass is 508 g/mol. The summed E-state index contributed by atoms with van der Waals surface area (Å²) in [6.07, 6.45) is -4.01. The van der Waals surface area contributed by atoms with Gasteiger partial charge in [-0.15, -0.1) is 0 Å². The Labute approximate surface area is 207 Å². The van der Waals surface area contributed by atoms with Gasteiger partial charge in [0.15, 0.2) is 0 Å². The van der Waals surface area contributed by atoms with Crippen molar-refractivity contribution in [2.24, 2.45) is 5.92 Å². The Morgan fingerprint density at radius 3 is 2.69 bits per heavy atom. The van der Waals surface area contributed by atoms with E-state index in [4.69, 9.17) is 9.47 Å². The largest absolute Gasteiger partial charge is 0.475 e. The number of aryl methyl sites for hydroxylation is 1. The molecule has 4 rings (SSSR count). The molecule has 2 aromatic rings. The summed E-state index contributed by atoms with van der Waals surface area (Å²) in [6.45, 7) is 4.47. The summed E-state index contributed by atoms with van der Waals surface area (Å²) in [6, 6.07) is 8.11. The van der Waals surface area contributed by atoms with Gasteiger partial charge in [0.05, 0.1) is 25.7 Å². The van der Waals surface area contributed by atoms with E-state index in [1.165, 1.54) is 0 Å². The number of aliphatic hydroxyl groups is 1. The number of alkyl halides is 3. The van der Waals surface area contributed by atoms with E-state index < -0.39 is 24.2 Å². The van der Waals surface area contributed by atoms with Gasteiger partial charge in [0.2, 0.25) is 5.88 Å². The van der Waals surface area contributed by atoms with Gasteiger partial charge < -0.3 is 30.1 Å². The van der Waals surface area contributed by atoms with E-state index in [0.717, 1.165) is 22.5 Å². The summed E-state index contributed by atoms with van der Waals surface area (Å²) in [5.41, 5.74) is 3.14. The molecule has 36 heavy (non-hydrogen) atoms. The third-order valence-electron chi connectivity index (χ3n) is 6.50. The van der Waals surface area contributed by atoms with Gasteiger partial charge in [-0.1, -0.05) is 6.07 Å². The molecular formula is C25H31F3N4O4. The number of rotatable bonds is 7. The first kappa shape index (κ1) is 26.0. The lowest BCUT2D eigenvalue weighted by molar-refractivity contribution is -0.172. The van der Waals surface area contributed by atoms with E-state index in [2.05, 4.69) is 20.5 Å². The molecule has 3 N–H and O–H groups in total. The SMILES string of the molecule is Cc1ccc(NC(=O)NC2CCC(C(F)(F)F)C2)cc1-c1cc(OCCO)nc(N2CCOCC2)c1. The second-order valence-electron chi connectivity index (χ2n) is 9.10. The van der Waals surface area contributed by atoms with Crippen molar-refractivity contribution in [3.05, 3.63) is 35.9 Å². The normalized spacial score (nSPS) is 20.3. The van der Waals surface area contributed by atoms with E-state index in [0.29, 0.717) is 44.3 Å². The first-order chi connectivity index (χ1) is 17.2. The highest BCUT2D eigenvalue weighted by Crippen LogP contribution is 2.39. The molecule has 1 saturated carbocycles. The summed E-state index contributed by atoms with van der Waals surface area (Å²) in [5.74, 6) is -0.276. The van der Waals surface area contributed by atoms with Crippen molar-refractivity contribution < 1.29 is 32.5 Å². The number of halogens is 3. The predicted molar refractivity (Wildman–Crippen MR) is 129 cm³/mol. The fraction of sp³-hybridized carbons (Fsp3) is 0.520. The fourth-order valence-electron chi connectivity index (χ4n) is 4.60. The molecule has 8 nitrogen and oxygen atoms in total. The molecule has 1 aromatic heterocycles. The van der Waals surface area contributed by atoms with Crippen LogP contribution in [0.3, 0.4) is 0 Å². The third-order valence-corrected chi connectivity index (χ3v) is 6.50. The van der Waals surface area contributed by atoms with Gasteiger partial charge in [-0.2, -0.15) is 18.2 Å². The number of anilines is 2. The van der Waals surface area contributed by atoms with Crippen molar-refractivity contribution in [3.63, 3.8) is 0 Å². The van der Waals surface area contributed by atoms with Crippen LogP contribution in [0, 0.1) is 12.8 Å². The van der Waals surface area contributed by atoms with Gasteiger partial charge in [-0.05, 0) is 61.1 Å². The molecule has 2 fully saturated rings.